The van der Waals surface area contributed by atoms with Crippen molar-refractivity contribution in [1.82, 2.24) is 4.98 Å². The average Bonchev–Trinajstić information content (AvgIpc) is 3.23. The van der Waals surface area contributed by atoms with E-state index in [1.165, 1.54) is 17.4 Å². The van der Waals surface area contributed by atoms with Crippen LogP contribution in [-0.4, -0.2) is 25.9 Å². The molecule has 0 aliphatic carbocycles. The highest BCUT2D eigenvalue weighted by Gasteiger charge is 2.26. The number of benzene rings is 3. The van der Waals surface area contributed by atoms with Gasteiger partial charge in [0.1, 0.15) is 5.75 Å². The summed E-state index contributed by atoms with van der Waals surface area (Å²) >= 11 is 1.24. The number of thiazole rings is 1. The quantitative estimate of drug-likeness (QED) is 0.499. The summed E-state index contributed by atoms with van der Waals surface area (Å²) in [6.45, 7) is 2.45. The maximum Gasteiger partial charge on any atom is 0.264 e. The van der Waals surface area contributed by atoms with Crippen molar-refractivity contribution in [2.45, 2.75) is 11.8 Å². The van der Waals surface area contributed by atoms with Crippen LogP contribution >= 0.6 is 11.3 Å². The molecule has 0 bridgehead atoms. The third-order valence-electron chi connectivity index (χ3n) is 4.68. The molecule has 1 aromatic heterocycles. The van der Waals surface area contributed by atoms with Crippen molar-refractivity contribution in [2.75, 3.05) is 16.6 Å². The number of anilines is 2. The van der Waals surface area contributed by atoms with Gasteiger partial charge in [-0.3, -0.25) is 9.52 Å². The highest BCUT2D eigenvalue weighted by molar-refractivity contribution is 7.93. The summed E-state index contributed by atoms with van der Waals surface area (Å²) in [4.78, 5) is 16.5. The van der Waals surface area contributed by atoms with Crippen LogP contribution in [0.4, 0.5) is 10.8 Å². The Morgan fingerprint density at radius 1 is 1.17 bits per heavy atom. The Balaban J connectivity index is 1.57. The molecule has 2 heterocycles. The predicted molar refractivity (Wildman–Crippen MR) is 113 cm³/mol. The molecular weight excluding hydrogens is 410 g/mol. The number of fused-ring (bicyclic) bond motifs is 1. The van der Waals surface area contributed by atoms with Gasteiger partial charge in [-0.1, -0.05) is 23.5 Å². The Bertz CT molecular complexity index is 1410. The molecule has 3 aromatic carbocycles. The zero-order valence-electron chi connectivity index (χ0n) is 15.2. The minimum absolute atomic E-state index is 0.101. The zero-order chi connectivity index (χ0) is 20.2. The Kier molecular flexibility index (Phi) is 3.97. The molecule has 9 heteroatoms. The van der Waals surface area contributed by atoms with Crippen LogP contribution in [0.5, 0.6) is 5.75 Å². The highest BCUT2D eigenvalue weighted by Crippen LogP contribution is 2.37. The largest absolute Gasteiger partial charge is 0.494 e. The van der Waals surface area contributed by atoms with Gasteiger partial charge in [0.15, 0.2) is 5.13 Å². The number of nitrogens with zero attached hydrogens (tertiary/aromatic N) is 1. The Labute approximate surface area is 170 Å². The van der Waals surface area contributed by atoms with Crippen LogP contribution in [0.25, 0.3) is 21.0 Å². The van der Waals surface area contributed by atoms with Crippen molar-refractivity contribution in [3.63, 3.8) is 0 Å². The fourth-order valence-corrected chi connectivity index (χ4v) is 5.81. The number of nitrogens with one attached hydrogen (secondary N) is 2. The lowest BCUT2D eigenvalue weighted by Gasteiger charge is -2.09. The van der Waals surface area contributed by atoms with E-state index in [4.69, 9.17) is 4.74 Å². The number of carbonyl (C=O) groups excluding carboxylic acids is 1. The van der Waals surface area contributed by atoms with E-state index in [2.05, 4.69) is 15.0 Å². The van der Waals surface area contributed by atoms with Gasteiger partial charge in [0, 0.05) is 22.0 Å². The van der Waals surface area contributed by atoms with Crippen molar-refractivity contribution in [1.29, 1.82) is 0 Å². The molecule has 0 atom stereocenters. The fraction of sp³-hybridized carbons (Fsp3) is 0.100. The van der Waals surface area contributed by atoms with E-state index < -0.39 is 10.0 Å². The number of hydrogen-bond donors (Lipinski definition) is 2. The number of hydrogen-bond acceptors (Lipinski definition) is 6. The van der Waals surface area contributed by atoms with Crippen LogP contribution in [-0.2, 0) is 10.0 Å². The van der Waals surface area contributed by atoms with Gasteiger partial charge >= 0.3 is 0 Å². The van der Waals surface area contributed by atoms with Crippen LogP contribution in [0.2, 0.25) is 0 Å². The molecule has 7 nitrogen and oxygen atoms in total. The molecule has 1 aliphatic rings. The van der Waals surface area contributed by atoms with Crippen molar-refractivity contribution >= 4 is 59.1 Å². The number of rotatable bonds is 5. The third-order valence-corrected chi connectivity index (χ3v) is 7.14. The molecule has 0 radical (unpaired) electrons. The van der Waals surface area contributed by atoms with Crippen molar-refractivity contribution < 1.29 is 17.9 Å². The summed E-state index contributed by atoms with van der Waals surface area (Å²) in [6, 6.07) is 13.6. The Morgan fingerprint density at radius 2 is 2.03 bits per heavy atom. The minimum Gasteiger partial charge on any atom is -0.494 e. The molecule has 4 aromatic rings. The second kappa shape index (κ2) is 6.43. The van der Waals surface area contributed by atoms with Gasteiger partial charge in [-0.2, -0.15) is 0 Å². The molecular formula is C20H15N3O4S2. The molecule has 1 aliphatic heterocycles. The van der Waals surface area contributed by atoms with Gasteiger partial charge in [0.25, 0.3) is 15.9 Å². The molecule has 1 amide bonds. The molecule has 5 rings (SSSR count). The van der Waals surface area contributed by atoms with Crippen LogP contribution in [0.15, 0.2) is 53.4 Å². The number of amides is 1. The fourth-order valence-electron chi connectivity index (χ4n) is 3.47. The predicted octanol–water partition coefficient (Wildman–Crippen LogP) is 4.21. The summed E-state index contributed by atoms with van der Waals surface area (Å²) in [5.74, 6) is 0.479. The van der Waals surface area contributed by atoms with E-state index in [0.717, 1.165) is 4.70 Å². The normalized spacial score (nSPS) is 13.1. The van der Waals surface area contributed by atoms with E-state index in [-0.39, 0.29) is 15.9 Å². The molecule has 2 N–H and O–H groups in total. The summed E-state index contributed by atoms with van der Waals surface area (Å²) in [5, 5.41) is 4.13. The van der Waals surface area contributed by atoms with Gasteiger partial charge in [0.2, 0.25) is 0 Å². The monoisotopic (exact) mass is 425 g/mol. The highest BCUT2D eigenvalue weighted by atomic mass is 32.2. The second-order valence-corrected chi connectivity index (χ2v) is 9.16. The Hall–Kier alpha value is -3.17. The van der Waals surface area contributed by atoms with E-state index in [0.29, 0.717) is 39.9 Å². The number of aromatic nitrogens is 1. The number of sulfonamides is 1. The van der Waals surface area contributed by atoms with Gasteiger partial charge in [-0.15, -0.1) is 0 Å². The lowest BCUT2D eigenvalue weighted by atomic mass is 10.1. The van der Waals surface area contributed by atoms with E-state index in [1.54, 1.807) is 36.4 Å². The van der Waals surface area contributed by atoms with Gasteiger partial charge in [0.05, 0.1) is 21.7 Å². The third kappa shape index (κ3) is 2.90. The number of carbonyl (C=O) groups is 1. The smallest absolute Gasteiger partial charge is 0.264 e. The SMILES string of the molecule is CCOc1ccc2nc(NS(=O)(=O)c3ccc4c5c(cccc35)C(=O)N4)sc2c1. The van der Waals surface area contributed by atoms with Crippen LogP contribution in [0, 0.1) is 0 Å². The first-order chi connectivity index (χ1) is 14.0. The summed E-state index contributed by atoms with van der Waals surface area (Å²) in [7, 11) is -3.90. The maximum atomic E-state index is 13.1. The zero-order valence-corrected chi connectivity index (χ0v) is 16.9. The average molecular weight is 425 g/mol. The van der Waals surface area contributed by atoms with E-state index in [9.17, 15) is 13.2 Å². The van der Waals surface area contributed by atoms with Crippen LogP contribution in [0.3, 0.4) is 0 Å². The van der Waals surface area contributed by atoms with Crippen molar-refractivity contribution in [2.24, 2.45) is 0 Å². The molecule has 29 heavy (non-hydrogen) atoms. The van der Waals surface area contributed by atoms with E-state index >= 15 is 0 Å². The standard InChI is InChI=1S/C20H15N3O4S2/c1-2-27-11-6-7-14-16(10-11)28-20(22-14)23-29(25,26)17-9-8-15-18-12(17)4-3-5-13(18)19(24)21-15/h3-10H,2H2,1H3,(H,21,24)(H,22,23). The first-order valence-corrected chi connectivity index (χ1v) is 11.2. The van der Waals surface area contributed by atoms with Gasteiger partial charge < -0.3 is 10.1 Å². The maximum absolute atomic E-state index is 13.1. The Morgan fingerprint density at radius 3 is 2.86 bits per heavy atom. The minimum atomic E-state index is -3.90. The molecule has 146 valence electrons. The first kappa shape index (κ1) is 17.9. The van der Waals surface area contributed by atoms with Gasteiger partial charge in [-0.05, 0) is 43.3 Å². The summed E-state index contributed by atoms with van der Waals surface area (Å²) < 4.78 is 35.1. The van der Waals surface area contributed by atoms with E-state index in [1.807, 2.05) is 13.0 Å². The van der Waals surface area contributed by atoms with Crippen LogP contribution < -0.4 is 14.8 Å². The van der Waals surface area contributed by atoms with Crippen molar-refractivity contribution in [3.8, 4) is 5.75 Å². The molecule has 0 spiro atoms. The lowest BCUT2D eigenvalue weighted by molar-refractivity contribution is 0.103. The summed E-state index contributed by atoms with van der Waals surface area (Å²) in [5.41, 5.74) is 1.77. The first-order valence-electron chi connectivity index (χ1n) is 8.89. The number of ether oxygens (including phenoxy) is 1. The molecule has 0 saturated heterocycles. The lowest BCUT2D eigenvalue weighted by Crippen LogP contribution is -2.13. The van der Waals surface area contributed by atoms with Crippen molar-refractivity contribution in [3.05, 3.63) is 54.1 Å². The molecule has 0 saturated carbocycles. The summed E-state index contributed by atoms with van der Waals surface area (Å²) in [6.07, 6.45) is 0. The second-order valence-electron chi connectivity index (χ2n) is 6.48. The van der Waals surface area contributed by atoms with Crippen LogP contribution in [0.1, 0.15) is 17.3 Å². The molecule has 0 fully saturated rings. The topological polar surface area (TPSA) is 97.4 Å². The molecule has 0 unspecified atom stereocenters. The van der Waals surface area contributed by atoms with Gasteiger partial charge in [-0.25, -0.2) is 13.4 Å².